The molecule has 6 nitrogen and oxygen atoms in total. The van der Waals surface area contributed by atoms with Crippen molar-refractivity contribution in [2.45, 2.75) is 24.9 Å². The lowest BCUT2D eigenvalue weighted by atomic mass is 9.82. The first-order valence-electron chi connectivity index (χ1n) is 9.63. The first kappa shape index (κ1) is 19.5. The van der Waals surface area contributed by atoms with Crippen molar-refractivity contribution in [3.8, 4) is 17.2 Å². The summed E-state index contributed by atoms with van der Waals surface area (Å²) in [4.78, 5) is 15.1. The van der Waals surface area contributed by atoms with Gasteiger partial charge in [0.05, 0.1) is 20.6 Å². The smallest absolute Gasteiger partial charge is 0.174 e. The topological polar surface area (TPSA) is 60.0 Å². The van der Waals surface area contributed by atoms with Crippen LogP contribution < -0.4 is 19.5 Å². The normalized spacial score (nSPS) is 17.3. The number of hydrogen-bond acceptors (Lipinski definition) is 5. The monoisotopic (exact) mass is 412 g/mol. The number of piperidine rings is 1. The van der Waals surface area contributed by atoms with Crippen molar-refractivity contribution in [2.75, 3.05) is 32.6 Å². The van der Waals surface area contributed by atoms with E-state index in [9.17, 15) is 4.79 Å². The van der Waals surface area contributed by atoms with Gasteiger partial charge in [0, 0.05) is 43.8 Å². The third-order valence-corrected chi connectivity index (χ3v) is 5.93. The van der Waals surface area contributed by atoms with E-state index in [0.717, 1.165) is 18.8 Å². The molecule has 2 heterocycles. The molecule has 1 spiro atoms. The van der Waals surface area contributed by atoms with Gasteiger partial charge in [0.15, 0.2) is 10.9 Å². The molecule has 7 heteroatoms. The molecule has 0 bridgehead atoms. The third kappa shape index (κ3) is 3.87. The molecule has 2 aliphatic rings. The van der Waals surface area contributed by atoms with E-state index in [1.54, 1.807) is 26.4 Å². The number of carbonyl (C=O) groups is 1. The minimum atomic E-state index is -0.514. The molecule has 2 aromatic rings. The van der Waals surface area contributed by atoms with Gasteiger partial charge in [0.25, 0.3) is 0 Å². The molecule has 0 aromatic heterocycles. The van der Waals surface area contributed by atoms with E-state index in [2.05, 4.69) is 10.2 Å². The lowest BCUT2D eigenvalue weighted by molar-refractivity contribution is 0.00355. The zero-order valence-electron chi connectivity index (χ0n) is 16.6. The maximum Gasteiger partial charge on any atom is 0.174 e. The van der Waals surface area contributed by atoms with Crippen LogP contribution in [0.4, 0.5) is 5.69 Å². The molecule has 1 N–H and O–H groups in total. The molecule has 4 rings (SSSR count). The second-order valence-corrected chi connectivity index (χ2v) is 7.76. The Morgan fingerprint density at radius 2 is 1.86 bits per heavy atom. The van der Waals surface area contributed by atoms with Gasteiger partial charge >= 0.3 is 0 Å². The zero-order chi connectivity index (χ0) is 20.4. The highest BCUT2D eigenvalue weighted by molar-refractivity contribution is 7.80. The Morgan fingerprint density at radius 1 is 1.14 bits per heavy atom. The number of thiocarbonyl (C=S) groups is 1. The molecular weight excluding hydrogens is 388 g/mol. The Morgan fingerprint density at radius 3 is 2.52 bits per heavy atom. The van der Waals surface area contributed by atoms with Gasteiger partial charge in [0.2, 0.25) is 0 Å². The summed E-state index contributed by atoms with van der Waals surface area (Å²) in [5, 5.41) is 3.97. The number of carbonyl (C=O) groups excluding carboxylic acids is 1. The molecule has 2 aromatic carbocycles. The van der Waals surface area contributed by atoms with Gasteiger partial charge in [-0.2, -0.15) is 0 Å². The van der Waals surface area contributed by atoms with Crippen LogP contribution in [0, 0.1) is 0 Å². The maximum absolute atomic E-state index is 12.9. The Bertz CT molecular complexity index is 924. The molecule has 0 amide bonds. The lowest BCUT2D eigenvalue weighted by Crippen LogP contribution is -2.53. The molecule has 0 aliphatic carbocycles. The summed E-state index contributed by atoms with van der Waals surface area (Å²) in [7, 11) is 3.13. The average molecular weight is 413 g/mol. The summed E-state index contributed by atoms with van der Waals surface area (Å²) in [5.74, 6) is 1.68. The van der Waals surface area contributed by atoms with E-state index in [4.69, 9.17) is 26.4 Å². The van der Waals surface area contributed by atoms with Crippen LogP contribution in [0.3, 0.4) is 0 Å². The maximum atomic E-state index is 12.9. The SMILES string of the molecule is COc1cc(OC)c2c(c1)OC1(CCN(C(=S)Nc3ccccc3)CC1)CC2=O. The van der Waals surface area contributed by atoms with Gasteiger partial charge in [-0.25, -0.2) is 0 Å². The zero-order valence-corrected chi connectivity index (χ0v) is 17.4. The van der Waals surface area contributed by atoms with Crippen molar-refractivity contribution in [2.24, 2.45) is 0 Å². The molecule has 0 saturated carbocycles. The van der Waals surface area contributed by atoms with Crippen LogP contribution in [-0.4, -0.2) is 48.7 Å². The number of nitrogens with zero attached hydrogens (tertiary/aromatic N) is 1. The molecular formula is C22H24N2O4S. The number of para-hydroxylation sites is 1. The summed E-state index contributed by atoms with van der Waals surface area (Å²) in [6.07, 6.45) is 1.78. The standard InChI is InChI=1S/C22H24N2O4S/c1-26-16-12-18(27-2)20-17(25)14-22(28-19(20)13-16)8-10-24(11-9-22)21(29)23-15-6-4-3-5-7-15/h3-7,12-13H,8-11,14H2,1-2H3,(H,23,29). The van der Waals surface area contributed by atoms with E-state index in [-0.39, 0.29) is 5.78 Å². The van der Waals surface area contributed by atoms with E-state index in [0.29, 0.717) is 47.2 Å². The average Bonchev–Trinajstić information content (AvgIpc) is 2.73. The Hall–Kier alpha value is -2.80. The molecule has 2 aliphatic heterocycles. The highest BCUT2D eigenvalue weighted by Gasteiger charge is 2.44. The number of benzene rings is 2. The molecule has 29 heavy (non-hydrogen) atoms. The number of rotatable bonds is 3. The number of methoxy groups -OCH3 is 2. The van der Waals surface area contributed by atoms with Crippen LogP contribution in [0.25, 0.3) is 0 Å². The Balaban J connectivity index is 1.48. The number of hydrogen-bond donors (Lipinski definition) is 1. The quantitative estimate of drug-likeness (QED) is 0.767. The van der Waals surface area contributed by atoms with E-state index in [1.807, 2.05) is 30.3 Å². The number of fused-ring (bicyclic) bond motifs is 1. The van der Waals surface area contributed by atoms with E-state index in [1.165, 1.54) is 0 Å². The second-order valence-electron chi connectivity index (χ2n) is 7.37. The summed E-state index contributed by atoms with van der Waals surface area (Å²) >= 11 is 5.57. The van der Waals surface area contributed by atoms with Crippen LogP contribution >= 0.6 is 12.2 Å². The van der Waals surface area contributed by atoms with Gasteiger partial charge in [0.1, 0.15) is 28.4 Å². The summed E-state index contributed by atoms with van der Waals surface area (Å²) in [5.41, 5.74) is 0.956. The highest BCUT2D eigenvalue weighted by atomic mass is 32.1. The van der Waals surface area contributed by atoms with Crippen LogP contribution in [0.1, 0.15) is 29.6 Å². The third-order valence-electron chi connectivity index (χ3n) is 5.57. The molecule has 1 fully saturated rings. The number of ether oxygens (including phenoxy) is 3. The predicted molar refractivity (Wildman–Crippen MR) is 115 cm³/mol. The fourth-order valence-electron chi connectivity index (χ4n) is 3.97. The van der Waals surface area contributed by atoms with Gasteiger partial charge < -0.3 is 24.4 Å². The minimum absolute atomic E-state index is 0.0455. The molecule has 1 saturated heterocycles. The van der Waals surface area contributed by atoms with Crippen LogP contribution in [0.5, 0.6) is 17.2 Å². The first-order chi connectivity index (χ1) is 14.0. The van der Waals surface area contributed by atoms with Crippen molar-refractivity contribution >= 4 is 28.8 Å². The fourth-order valence-corrected chi connectivity index (χ4v) is 4.27. The van der Waals surface area contributed by atoms with Crippen LogP contribution in [-0.2, 0) is 0 Å². The molecule has 0 atom stereocenters. The van der Waals surface area contributed by atoms with E-state index >= 15 is 0 Å². The minimum Gasteiger partial charge on any atom is -0.496 e. The number of ketones is 1. The molecule has 0 unspecified atom stereocenters. The number of likely N-dealkylation sites (tertiary alicyclic amines) is 1. The van der Waals surface area contributed by atoms with Gasteiger partial charge in [-0.05, 0) is 24.4 Å². The summed E-state index contributed by atoms with van der Waals surface area (Å²) in [6.45, 7) is 1.45. The van der Waals surface area contributed by atoms with Crippen molar-refractivity contribution in [3.05, 3.63) is 48.0 Å². The largest absolute Gasteiger partial charge is 0.496 e. The van der Waals surface area contributed by atoms with Crippen molar-refractivity contribution in [1.82, 2.24) is 4.90 Å². The predicted octanol–water partition coefficient (Wildman–Crippen LogP) is 3.90. The summed E-state index contributed by atoms with van der Waals surface area (Å²) < 4.78 is 17.1. The first-order valence-corrected chi connectivity index (χ1v) is 10.0. The van der Waals surface area contributed by atoms with Crippen molar-refractivity contribution in [3.63, 3.8) is 0 Å². The molecule has 152 valence electrons. The fraction of sp³-hybridized carbons (Fsp3) is 0.364. The number of anilines is 1. The van der Waals surface area contributed by atoms with Crippen molar-refractivity contribution < 1.29 is 19.0 Å². The second kappa shape index (κ2) is 7.91. The lowest BCUT2D eigenvalue weighted by Gasteiger charge is -2.44. The Labute approximate surface area is 175 Å². The number of nitrogens with one attached hydrogen (secondary N) is 1. The highest BCUT2D eigenvalue weighted by Crippen LogP contribution is 2.44. The van der Waals surface area contributed by atoms with Crippen LogP contribution in [0.15, 0.2) is 42.5 Å². The van der Waals surface area contributed by atoms with E-state index < -0.39 is 5.60 Å². The van der Waals surface area contributed by atoms with Crippen LogP contribution in [0.2, 0.25) is 0 Å². The number of Topliss-reactive ketones (excluding diaryl/α,β-unsaturated/α-hetero) is 1. The summed E-state index contributed by atoms with van der Waals surface area (Å²) in [6, 6.07) is 13.4. The van der Waals surface area contributed by atoms with Crippen molar-refractivity contribution in [1.29, 1.82) is 0 Å². The Kier molecular flexibility index (Phi) is 5.32. The van der Waals surface area contributed by atoms with Gasteiger partial charge in [-0.1, -0.05) is 18.2 Å². The van der Waals surface area contributed by atoms with Gasteiger partial charge in [-0.3, -0.25) is 4.79 Å². The molecule has 0 radical (unpaired) electrons. The van der Waals surface area contributed by atoms with Gasteiger partial charge in [-0.15, -0.1) is 0 Å².